The van der Waals surface area contributed by atoms with E-state index in [0.29, 0.717) is 22.1 Å². The number of benzene rings is 1. The average Bonchev–Trinajstić information content (AvgIpc) is 3.46. The maximum Gasteiger partial charge on any atom is 0.260 e. The summed E-state index contributed by atoms with van der Waals surface area (Å²) in [4.78, 5) is 33.1. The van der Waals surface area contributed by atoms with Crippen LogP contribution in [0.5, 0.6) is 0 Å². The number of imidazole rings is 1. The molecular weight excluding hydrogens is 414 g/mol. The molecule has 0 saturated heterocycles. The lowest BCUT2D eigenvalue weighted by atomic mass is 10.2. The van der Waals surface area contributed by atoms with Crippen LogP contribution in [0.3, 0.4) is 0 Å². The first-order chi connectivity index (χ1) is 15.0. The molecule has 0 aliphatic rings. The zero-order chi connectivity index (χ0) is 21.8. The van der Waals surface area contributed by atoms with Crippen molar-refractivity contribution in [2.24, 2.45) is 0 Å². The number of nitrogens with one attached hydrogen (secondary N) is 2. The molecule has 0 aliphatic heterocycles. The highest BCUT2D eigenvalue weighted by atomic mass is 32.1. The fourth-order valence-electron chi connectivity index (χ4n) is 3.06. The van der Waals surface area contributed by atoms with Crippen LogP contribution in [0.4, 0.5) is 10.8 Å². The van der Waals surface area contributed by atoms with E-state index in [9.17, 15) is 9.59 Å². The molecule has 158 valence electrons. The highest BCUT2D eigenvalue weighted by Crippen LogP contribution is 2.19. The molecule has 8 nitrogen and oxygen atoms in total. The van der Waals surface area contributed by atoms with Gasteiger partial charge in [-0.2, -0.15) is 0 Å². The van der Waals surface area contributed by atoms with E-state index < -0.39 is 0 Å². The van der Waals surface area contributed by atoms with Crippen LogP contribution in [0, 0.1) is 13.8 Å². The molecule has 0 aliphatic carbocycles. The Hall–Kier alpha value is -3.72. The van der Waals surface area contributed by atoms with E-state index in [1.807, 2.05) is 37.4 Å². The van der Waals surface area contributed by atoms with E-state index in [-0.39, 0.29) is 18.2 Å². The molecule has 0 fully saturated rings. The Morgan fingerprint density at radius 2 is 1.94 bits per heavy atom. The van der Waals surface area contributed by atoms with Crippen molar-refractivity contribution in [1.82, 2.24) is 14.5 Å². The molecule has 0 atom stereocenters. The summed E-state index contributed by atoms with van der Waals surface area (Å²) in [5.74, 6) is 1.03. The van der Waals surface area contributed by atoms with Crippen molar-refractivity contribution >= 4 is 34.0 Å². The van der Waals surface area contributed by atoms with Gasteiger partial charge in [-0.15, -0.1) is 11.3 Å². The van der Waals surface area contributed by atoms with Gasteiger partial charge in [0.25, 0.3) is 5.91 Å². The summed E-state index contributed by atoms with van der Waals surface area (Å²) in [6.07, 6.45) is 5.30. The molecule has 4 aromatic rings. The van der Waals surface area contributed by atoms with Gasteiger partial charge < -0.3 is 14.3 Å². The number of aromatic nitrogens is 3. The fraction of sp³-hybridized carbons (Fsp3) is 0.182. The average molecular weight is 436 g/mol. The summed E-state index contributed by atoms with van der Waals surface area (Å²) in [5.41, 5.74) is 2.89. The largest absolute Gasteiger partial charge is 0.469 e. The Bertz CT molecular complexity index is 1210. The van der Waals surface area contributed by atoms with Crippen molar-refractivity contribution in [2.75, 3.05) is 10.6 Å². The number of rotatable bonds is 7. The lowest BCUT2D eigenvalue weighted by Gasteiger charge is -2.08. The summed E-state index contributed by atoms with van der Waals surface area (Å²) in [5, 5.41) is 7.80. The molecule has 31 heavy (non-hydrogen) atoms. The summed E-state index contributed by atoms with van der Waals surface area (Å²) in [7, 11) is 0. The number of carbonyl (C=O) groups is 2. The molecule has 0 radical (unpaired) electrons. The predicted octanol–water partition coefficient (Wildman–Crippen LogP) is 4.03. The molecule has 4 rings (SSSR count). The molecule has 0 unspecified atom stereocenters. The standard InChI is InChI=1S/C22H21N5O3S/c1-14-19(7-10-30-14)21(29)26-22-25-18(13-31-22)11-20(28)24-17-5-3-16(4-6-17)12-27-9-8-23-15(27)2/h3-10,13H,11-12H2,1-2H3,(H,24,28)(H,25,26,29). The number of carbonyl (C=O) groups excluding carboxylic acids is 2. The van der Waals surface area contributed by atoms with Crippen LogP contribution in [0.15, 0.2) is 58.8 Å². The Morgan fingerprint density at radius 1 is 1.13 bits per heavy atom. The number of hydrogen-bond acceptors (Lipinski definition) is 6. The first-order valence-corrected chi connectivity index (χ1v) is 10.5. The van der Waals surface area contributed by atoms with Gasteiger partial charge in [0.15, 0.2) is 5.13 Å². The van der Waals surface area contributed by atoms with Crippen LogP contribution in [-0.2, 0) is 17.8 Å². The van der Waals surface area contributed by atoms with Crippen molar-refractivity contribution in [3.8, 4) is 0 Å². The second-order valence-corrected chi connectivity index (χ2v) is 7.87. The van der Waals surface area contributed by atoms with Gasteiger partial charge in [0, 0.05) is 30.0 Å². The molecule has 2 amide bonds. The summed E-state index contributed by atoms with van der Waals surface area (Å²) in [6.45, 7) is 4.41. The summed E-state index contributed by atoms with van der Waals surface area (Å²) in [6, 6.07) is 9.31. The zero-order valence-corrected chi connectivity index (χ0v) is 17.9. The van der Waals surface area contributed by atoms with Gasteiger partial charge in [-0.25, -0.2) is 9.97 Å². The number of anilines is 2. The zero-order valence-electron chi connectivity index (χ0n) is 17.1. The monoisotopic (exact) mass is 435 g/mol. The second-order valence-electron chi connectivity index (χ2n) is 7.01. The first kappa shape index (κ1) is 20.5. The van der Waals surface area contributed by atoms with Gasteiger partial charge >= 0.3 is 0 Å². The molecule has 0 saturated carbocycles. The molecule has 1 aromatic carbocycles. The topological polar surface area (TPSA) is 102 Å². The molecule has 0 spiro atoms. The van der Waals surface area contributed by atoms with Crippen molar-refractivity contribution < 1.29 is 14.0 Å². The van der Waals surface area contributed by atoms with E-state index in [4.69, 9.17) is 4.42 Å². The maximum atomic E-state index is 12.4. The maximum absolute atomic E-state index is 12.4. The number of furan rings is 1. The third-order valence-corrected chi connectivity index (χ3v) is 5.54. The van der Waals surface area contributed by atoms with E-state index in [1.54, 1.807) is 24.6 Å². The van der Waals surface area contributed by atoms with E-state index >= 15 is 0 Å². The summed E-state index contributed by atoms with van der Waals surface area (Å²) >= 11 is 1.27. The quantitative estimate of drug-likeness (QED) is 0.456. The SMILES string of the molecule is Cc1occc1C(=O)Nc1nc(CC(=O)Nc2ccc(Cn3ccnc3C)cc2)cs1. The van der Waals surface area contributed by atoms with Crippen molar-refractivity contribution in [1.29, 1.82) is 0 Å². The van der Waals surface area contributed by atoms with Gasteiger partial charge in [-0.1, -0.05) is 12.1 Å². The molecule has 9 heteroatoms. The smallest absolute Gasteiger partial charge is 0.260 e. The van der Waals surface area contributed by atoms with Crippen molar-refractivity contribution in [3.05, 3.63) is 82.8 Å². The van der Waals surface area contributed by atoms with Crippen LogP contribution in [0.1, 0.15) is 33.2 Å². The van der Waals surface area contributed by atoms with Gasteiger partial charge in [0.2, 0.25) is 5.91 Å². The Morgan fingerprint density at radius 3 is 2.61 bits per heavy atom. The van der Waals surface area contributed by atoms with Crippen LogP contribution in [0.2, 0.25) is 0 Å². The second kappa shape index (κ2) is 8.97. The van der Waals surface area contributed by atoms with Crippen LogP contribution >= 0.6 is 11.3 Å². The van der Waals surface area contributed by atoms with Gasteiger partial charge in [-0.3, -0.25) is 14.9 Å². The van der Waals surface area contributed by atoms with Gasteiger partial charge in [-0.05, 0) is 37.6 Å². The Balaban J connectivity index is 1.30. The van der Waals surface area contributed by atoms with E-state index in [2.05, 4.69) is 25.2 Å². The minimum absolute atomic E-state index is 0.118. The van der Waals surface area contributed by atoms with E-state index in [0.717, 1.165) is 23.6 Å². The number of thiazole rings is 1. The van der Waals surface area contributed by atoms with Gasteiger partial charge in [0.1, 0.15) is 11.6 Å². The number of nitrogens with zero attached hydrogens (tertiary/aromatic N) is 3. The lowest BCUT2D eigenvalue weighted by molar-refractivity contribution is -0.115. The fourth-order valence-corrected chi connectivity index (χ4v) is 3.77. The molecule has 3 heterocycles. The third-order valence-electron chi connectivity index (χ3n) is 4.73. The highest BCUT2D eigenvalue weighted by Gasteiger charge is 2.14. The molecular formula is C22H21N5O3S. The van der Waals surface area contributed by atoms with Crippen LogP contribution in [0.25, 0.3) is 0 Å². The minimum Gasteiger partial charge on any atom is -0.469 e. The van der Waals surface area contributed by atoms with E-state index in [1.165, 1.54) is 17.6 Å². The molecule has 0 bridgehead atoms. The highest BCUT2D eigenvalue weighted by molar-refractivity contribution is 7.14. The molecule has 3 aromatic heterocycles. The normalized spacial score (nSPS) is 10.8. The summed E-state index contributed by atoms with van der Waals surface area (Å²) < 4.78 is 7.20. The minimum atomic E-state index is -0.289. The van der Waals surface area contributed by atoms with Crippen molar-refractivity contribution in [2.45, 2.75) is 26.8 Å². The number of hydrogen-bond donors (Lipinski definition) is 2. The van der Waals surface area contributed by atoms with Gasteiger partial charge in [0.05, 0.1) is 23.9 Å². The number of aryl methyl sites for hydroxylation is 2. The first-order valence-electron chi connectivity index (χ1n) is 9.64. The third kappa shape index (κ3) is 5.07. The lowest BCUT2D eigenvalue weighted by Crippen LogP contribution is -2.15. The van der Waals surface area contributed by atoms with Crippen LogP contribution < -0.4 is 10.6 Å². The Labute approximate surface area is 183 Å². The Kier molecular flexibility index (Phi) is 5.94. The van der Waals surface area contributed by atoms with Crippen LogP contribution in [-0.4, -0.2) is 26.3 Å². The predicted molar refractivity (Wildman–Crippen MR) is 118 cm³/mol. The van der Waals surface area contributed by atoms with Crippen molar-refractivity contribution in [3.63, 3.8) is 0 Å². The number of amides is 2. The molecule has 2 N–H and O–H groups in total.